The van der Waals surface area contributed by atoms with Crippen molar-refractivity contribution < 1.29 is 23.7 Å². The maximum absolute atomic E-state index is 13.0. The number of ether oxygens (including phenoxy) is 4. The second kappa shape index (κ2) is 14.3. The van der Waals surface area contributed by atoms with Crippen molar-refractivity contribution in [1.82, 2.24) is 14.4 Å². The number of nitrogens with zero attached hydrogens (tertiary/aromatic N) is 3. The molecule has 2 fully saturated rings. The number of methoxy groups -OCH3 is 1. The summed E-state index contributed by atoms with van der Waals surface area (Å²) in [6.07, 6.45) is 6.48. The van der Waals surface area contributed by atoms with Crippen molar-refractivity contribution in [2.24, 2.45) is 0 Å². The molecule has 9 nitrogen and oxygen atoms in total. The van der Waals surface area contributed by atoms with E-state index in [-0.39, 0.29) is 17.6 Å². The molecule has 40 heavy (non-hydrogen) atoms. The minimum atomic E-state index is -0.382. The number of pyridine rings is 1. The van der Waals surface area contributed by atoms with Crippen molar-refractivity contribution in [3.63, 3.8) is 0 Å². The van der Waals surface area contributed by atoms with Crippen LogP contribution in [0.3, 0.4) is 0 Å². The van der Waals surface area contributed by atoms with Crippen LogP contribution in [0.1, 0.15) is 18.9 Å². The third-order valence-electron chi connectivity index (χ3n) is 7.43. The zero-order valence-electron chi connectivity index (χ0n) is 23.9. The van der Waals surface area contributed by atoms with Crippen LogP contribution in [0.25, 0.3) is 10.9 Å². The Morgan fingerprint density at radius 3 is 2.75 bits per heavy atom. The minimum absolute atomic E-state index is 0.0400. The fraction of sp³-hybridized carbons (Fsp3) is 0.484. The van der Waals surface area contributed by atoms with Gasteiger partial charge in [0, 0.05) is 56.8 Å². The normalized spacial score (nSPS) is 19.9. The van der Waals surface area contributed by atoms with Gasteiger partial charge >= 0.3 is 5.97 Å². The smallest absolute Gasteiger partial charge is 0.324 e. The van der Waals surface area contributed by atoms with Crippen molar-refractivity contribution in [2.75, 3.05) is 66.3 Å². The number of hydrogen-bond donors (Lipinski definition) is 0. The fourth-order valence-corrected chi connectivity index (χ4v) is 5.30. The molecule has 2 aromatic rings. The molecule has 1 unspecified atom stereocenters. The number of aryl methyl sites for hydroxylation is 1. The van der Waals surface area contributed by atoms with Gasteiger partial charge in [0.05, 0.1) is 25.8 Å². The van der Waals surface area contributed by atoms with Crippen LogP contribution in [0.4, 0.5) is 0 Å². The number of allylic oxidation sites excluding steroid dienone is 3. The Bertz CT molecular complexity index is 1310. The van der Waals surface area contributed by atoms with Gasteiger partial charge in [0.15, 0.2) is 0 Å². The third kappa shape index (κ3) is 7.41. The largest absolute Gasteiger partial charge is 0.497 e. The van der Waals surface area contributed by atoms with E-state index in [2.05, 4.69) is 16.4 Å². The summed E-state index contributed by atoms with van der Waals surface area (Å²) in [6.45, 7) is 13.5. The second-order valence-corrected chi connectivity index (χ2v) is 10.0. The Hall–Kier alpha value is -3.40. The van der Waals surface area contributed by atoms with E-state index in [0.717, 1.165) is 47.3 Å². The van der Waals surface area contributed by atoms with Crippen molar-refractivity contribution in [1.29, 1.82) is 0 Å². The van der Waals surface area contributed by atoms with E-state index in [1.165, 1.54) is 0 Å². The molecule has 0 radical (unpaired) electrons. The van der Waals surface area contributed by atoms with Gasteiger partial charge in [-0.3, -0.25) is 19.4 Å². The lowest BCUT2D eigenvalue weighted by atomic mass is 10.1. The summed E-state index contributed by atoms with van der Waals surface area (Å²) >= 11 is 0. The average molecular weight is 552 g/mol. The van der Waals surface area contributed by atoms with E-state index in [1.807, 2.05) is 44.2 Å². The summed E-state index contributed by atoms with van der Waals surface area (Å²) in [5, 5.41) is 1.03. The van der Waals surface area contributed by atoms with E-state index in [0.29, 0.717) is 58.4 Å². The Labute approximate surface area is 236 Å². The van der Waals surface area contributed by atoms with Crippen LogP contribution in [-0.2, 0) is 25.5 Å². The molecule has 0 bridgehead atoms. The first-order valence-corrected chi connectivity index (χ1v) is 14.0. The predicted octanol–water partition coefficient (Wildman–Crippen LogP) is 3.30. The van der Waals surface area contributed by atoms with E-state index < -0.39 is 0 Å². The highest BCUT2D eigenvalue weighted by Crippen LogP contribution is 2.23. The number of piperazine rings is 1. The van der Waals surface area contributed by atoms with Crippen LogP contribution in [-0.4, -0.2) is 92.6 Å². The molecule has 0 spiro atoms. The minimum Gasteiger partial charge on any atom is -0.497 e. The monoisotopic (exact) mass is 551 g/mol. The average Bonchev–Trinajstić information content (AvgIpc) is 2.96. The number of hydrogen-bond acceptors (Lipinski definition) is 8. The van der Waals surface area contributed by atoms with Crippen LogP contribution in [0.5, 0.6) is 5.75 Å². The topological polar surface area (TPSA) is 82.5 Å². The predicted molar refractivity (Wildman–Crippen MR) is 156 cm³/mol. The number of carbonyl (C=O) groups is 1. The number of aromatic nitrogens is 1. The quantitative estimate of drug-likeness (QED) is 0.311. The van der Waals surface area contributed by atoms with Crippen LogP contribution in [0.15, 0.2) is 65.2 Å². The van der Waals surface area contributed by atoms with Gasteiger partial charge in [-0.25, -0.2) is 0 Å². The van der Waals surface area contributed by atoms with Gasteiger partial charge in [-0.1, -0.05) is 18.7 Å². The Morgan fingerprint density at radius 2 is 2.02 bits per heavy atom. The summed E-state index contributed by atoms with van der Waals surface area (Å²) in [5.74, 6) is 1.31. The number of rotatable bonds is 11. The molecule has 0 amide bonds. The Morgan fingerprint density at radius 1 is 1.18 bits per heavy atom. The molecule has 0 aliphatic carbocycles. The Kier molecular flexibility index (Phi) is 10.6. The van der Waals surface area contributed by atoms with Gasteiger partial charge in [-0.15, -0.1) is 0 Å². The number of esters is 1. The van der Waals surface area contributed by atoms with E-state index in [1.54, 1.807) is 23.8 Å². The molecule has 9 heteroatoms. The maximum Gasteiger partial charge on any atom is 0.324 e. The molecule has 4 rings (SSSR count). The van der Waals surface area contributed by atoms with E-state index in [9.17, 15) is 9.59 Å². The highest BCUT2D eigenvalue weighted by molar-refractivity contribution is 5.83. The maximum atomic E-state index is 13.0. The molecule has 1 atom stereocenters. The van der Waals surface area contributed by atoms with Gasteiger partial charge in [-0.05, 0) is 49.6 Å². The summed E-state index contributed by atoms with van der Waals surface area (Å²) in [6, 6.07) is 7.12. The lowest BCUT2D eigenvalue weighted by Gasteiger charge is -2.40. The van der Waals surface area contributed by atoms with E-state index >= 15 is 0 Å². The SMILES string of the molecule is C=C/C=C(\C=C1/COCCO1)CCN1CCN(CCn2c(=O)cc(C)c3ccc(OC)cc32)CC1C(=O)OCC. The van der Waals surface area contributed by atoms with Gasteiger partial charge < -0.3 is 23.5 Å². The third-order valence-corrected chi connectivity index (χ3v) is 7.43. The first-order valence-electron chi connectivity index (χ1n) is 14.0. The van der Waals surface area contributed by atoms with Crippen LogP contribution >= 0.6 is 0 Å². The molecular formula is C31H41N3O6. The molecule has 0 N–H and O–H groups in total. The summed E-state index contributed by atoms with van der Waals surface area (Å²) in [4.78, 5) is 30.4. The van der Waals surface area contributed by atoms with Crippen molar-refractivity contribution in [3.8, 4) is 5.75 Å². The second-order valence-electron chi connectivity index (χ2n) is 10.0. The molecule has 0 saturated carbocycles. The molecule has 1 aromatic carbocycles. The molecule has 2 saturated heterocycles. The molecule has 1 aromatic heterocycles. The van der Waals surface area contributed by atoms with E-state index in [4.69, 9.17) is 18.9 Å². The zero-order chi connectivity index (χ0) is 28.5. The van der Waals surface area contributed by atoms with Gasteiger partial charge in [0.2, 0.25) is 0 Å². The van der Waals surface area contributed by atoms with Crippen LogP contribution in [0, 0.1) is 6.92 Å². The Balaban J connectivity index is 1.45. The molecule has 2 aliphatic rings. The highest BCUT2D eigenvalue weighted by Gasteiger charge is 2.33. The van der Waals surface area contributed by atoms with Gasteiger partial charge in [0.25, 0.3) is 5.56 Å². The van der Waals surface area contributed by atoms with Crippen molar-refractivity contribution in [3.05, 3.63) is 76.3 Å². The number of fused-ring (bicyclic) bond motifs is 1. The lowest BCUT2D eigenvalue weighted by molar-refractivity contribution is -0.152. The fourth-order valence-electron chi connectivity index (χ4n) is 5.30. The zero-order valence-corrected chi connectivity index (χ0v) is 23.9. The molecule has 3 heterocycles. The van der Waals surface area contributed by atoms with Crippen molar-refractivity contribution >= 4 is 16.9 Å². The summed E-state index contributed by atoms with van der Waals surface area (Å²) in [5.41, 5.74) is 2.83. The summed E-state index contributed by atoms with van der Waals surface area (Å²) < 4.78 is 23.9. The van der Waals surface area contributed by atoms with Gasteiger partial charge in [0.1, 0.15) is 30.8 Å². The van der Waals surface area contributed by atoms with Crippen molar-refractivity contribution in [2.45, 2.75) is 32.9 Å². The van der Waals surface area contributed by atoms with Crippen LogP contribution in [0.2, 0.25) is 0 Å². The molecular weight excluding hydrogens is 510 g/mol. The highest BCUT2D eigenvalue weighted by atomic mass is 16.6. The first kappa shape index (κ1) is 29.6. The summed E-state index contributed by atoms with van der Waals surface area (Å²) in [7, 11) is 1.62. The van der Waals surface area contributed by atoms with Gasteiger partial charge in [-0.2, -0.15) is 0 Å². The van der Waals surface area contributed by atoms with Crippen LogP contribution < -0.4 is 10.3 Å². The molecule has 216 valence electrons. The number of benzene rings is 1. The standard InChI is InChI=1S/C31H41N3O6/c1-5-7-24(19-26-22-38-16-17-40-26)10-11-33-14-12-32(21-29(33)31(36)39-6-2)13-15-34-28-20-25(37-4)8-9-27(28)23(3)18-30(34)35/h5,7-9,18-20,29H,1,6,10-17,21-22H2,2-4H3/b24-7-,26-19+. The lowest BCUT2D eigenvalue weighted by Crippen LogP contribution is -2.57. The molecule has 2 aliphatic heterocycles. The first-order chi connectivity index (χ1) is 19.4. The number of carbonyl (C=O) groups excluding carboxylic acids is 1.